The molecule has 0 amide bonds. The molecule has 13 heteroatoms. The lowest BCUT2D eigenvalue weighted by Crippen LogP contribution is -2.30. The summed E-state index contributed by atoms with van der Waals surface area (Å²) in [6.07, 6.45) is -7.87. The summed E-state index contributed by atoms with van der Waals surface area (Å²) in [5.74, 6) is -4.83. The molecular formula is C24H28F6N2O5. The Hall–Kier alpha value is -3.32. The lowest BCUT2D eigenvalue weighted by atomic mass is 9.88. The first kappa shape index (κ1) is 31.7. The van der Waals surface area contributed by atoms with Crippen LogP contribution < -0.4 is 5.32 Å². The third-order valence-corrected chi connectivity index (χ3v) is 5.13. The van der Waals surface area contributed by atoms with Crippen LogP contribution in [0.3, 0.4) is 0 Å². The summed E-state index contributed by atoms with van der Waals surface area (Å²) in [6.45, 7) is 5.61. The number of phenolic OH excluding ortho intramolecular Hbond substituents is 1. The van der Waals surface area contributed by atoms with Crippen molar-refractivity contribution in [2.75, 3.05) is 32.7 Å². The standard InChI is InChI=1S/C20H26N2O.2C2HF3O2/c23-19-9-4-8-18(16-19)20(17-6-2-1-3-7-17)10-14-22-13-5-11-21-12-15-22;2*3-2(4,5)1(6)7/h1-4,6-9,16,20-21,23H,5,10-15H2;2*(H,6,7). The molecule has 0 radical (unpaired) electrons. The van der Waals surface area contributed by atoms with E-state index in [9.17, 15) is 31.4 Å². The summed E-state index contributed by atoms with van der Waals surface area (Å²) in [5.41, 5.74) is 2.52. The number of phenols is 1. The summed E-state index contributed by atoms with van der Waals surface area (Å²) in [5, 5.41) is 27.6. The molecule has 1 aliphatic rings. The molecule has 1 saturated heterocycles. The highest BCUT2D eigenvalue weighted by atomic mass is 19.4. The second-order valence-corrected chi connectivity index (χ2v) is 7.90. The average Bonchev–Trinajstić information content (AvgIpc) is 3.09. The fourth-order valence-corrected chi connectivity index (χ4v) is 3.39. The van der Waals surface area contributed by atoms with Crippen molar-refractivity contribution < 1.29 is 51.3 Å². The molecule has 1 heterocycles. The van der Waals surface area contributed by atoms with Crippen molar-refractivity contribution >= 4 is 11.9 Å². The Labute approximate surface area is 209 Å². The van der Waals surface area contributed by atoms with E-state index in [0.717, 1.165) is 32.6 Å². The lowest BCUT2D eigenvalue weighted by molar-refractivity contribution is -0.193. The number of nitrogens with zero attached hydrogens (tertiary/aromatic N) is 1. The number of nitrogens with one attached hydrogen (secondary N) is 1. The topological polar surface area (TPSA) is 110 Å². The molecule has 2 aromatic rings. The smallest absolute Gasteiger partial charge is 0.490 e. The van der Waals surface area contributed by atoms with Gasteiger partial charge in [0.25, 0.3) is 0 Å². The third-order valence-electron chi connectivity index (χ3n) is 5.13. The van der Waals surface area contributed by atoms with E-state index in [1.165, 1.54) is 24.1 Å². The first-order valence-electron chi connectivity index (χ1n) is 11.1. The maximum atomic E-state index is 10.6. The monoisotopic (exact) mass is 538 g/mol. The number of aromatic hydroxyl groups is 1. The molecule has 2 aromatic carbocycles. The number of benzene rings is 2. The Kier molecular flexibility index (Phi) is 12.9. The number of alkyl halides is 6. The van der Waals surface area contributed by atoms with Gasteiger partial charge >= 0.3 is 24.3 Å². The molecule has 1 atom stereocenters. The lowest BCUT2D eigenvalue weighted by Gasteiger charge is -2.24. The Morgan fingerprint density at radius 1 is 0.838 bits per heavy atom. The Morgan fingerprint density at radius 3 is 1.89 bits per heavy atom. The number of carboxylic acids is 2. The van der Waals surface area contributed by atoms with Gasteiger partial charge < -0.3 is 25.5 Å². The van der Waals surface area contributed by atoms with Crippen molar-refractivity contribution in [2.45, 2.75) is 31.1 Å². The summed E-state index contributed by atoms with van der Waals surface area (Å²) < 4.78 is 63.5. The van der Waals surface area contributed by atoms with Crippen molar-refractivity contribution in [1.29, 1.82) is 0 Å². The van der Waals surface area contributed by atoms with Gasteiger partial charge in [0, 0.05) is 19.0 Å². The van der Waals surface area contributed by atoms with E-state index in [1.54, 1.807) is 6.07 Å². The van der Waals surface area contributed by atoms with E-state index < -0.39 is 24.3 Å². The van der Waals surface area contributed by atoms with Gasteiger partial charge in [-0.05, 0) is 55.7 Å². The van der Waals surface area contributed by atoms with Crippen LogP contribution in [-0.4, -0.2) is 77.2 Å². The van der Waals surface area contributed by atoms with Crippen LogP contribution in [0.15, 0.2) is 54.6 Å². The largest absolute Gasteiger partial charge is 0.508 e. The van der Waals surface area contributed by atoms with Crippen LogP contribution >= 0.6 is 0 Å². The summed E-state index contributed by atoms with van der Waals surface area (Å²) >= 11 is 0. The minimum Gasteiger partial charge on any atom is -0.508 e. The number of rotatable bonds is 5. The second kappa shape index (κ2) is 15.1. The number of hydrogen-bond acceptors (Lipinski definition) is 5. The van der Waals surface area contributed by atoms with E-state index in [-0.39, 0.29) is 0 Å². The fraction of sp³-hybridized carbons (Fsp3) is 0.417. The zero-order chi connectivity index (χ0) is 28.1. The van der Waals surface area contributed by atoms with Gasteiger partial charge in [0.2, 0.25) is 0 Å². The summed E-state index contributed by atoms with van der Waals surface area (Å²) in [6, 6.07) is 18.4. The summed E-state index contributed by atoms with van der Waals surface area (Å²) in [7, 11) is 0. The molecule has 0 spiro atoms. The normalized spacial score (nSPS) is 15.2. The van der Waals surface area contributed by atoms with Crippen LogP contribution in [0, 0.1) is 0 Å². The summed E-state index contributed by atoms with van der Waals surface area (Å²) in [4.78, 5) is 20.3. The van der Waals surface area contributed by atoms with Gasteiger partial charge in [0.1, 0.15) is 5.75 Å². The minimum absolute atomic E-state index is 0.333. The van der Waals surface area contributed by atoms with Crippen LogP contribution in [0.2, 0.25) is 0 Å². The number of halogens is 6. The van der Waals surface area contributed by atoms with Crippen LogP contribution in [-0.2, 0) is 9.59 Å². The van der Waals surface area contributed by atoms with E-state index in [2.05, 4.69) is 46.6 Å². The molecule has 1 aliphatic heterocycles. The number of carboxylic acid groups (broad SMARTS) is 2. The Balaban J connectivity index is 0.000000404. The van der Waals surface area contributed by atoms with E-state index in [1.807, 2.05) is 12.1 Å². The highest BCUT2D eigenvalue weighted by Gasteiger charge is 2.38. The zero-order valence-electron chi connectivity index (χ0n) is 19.6. The number of hydrogen-bond donors (Lipinski definition) is 4. The Bertz CT molecular complexity index is 938. The second-order valence-electron chi connectivity index (χ2n) is 7.90. The molecular weight excluding hydrogens is 510 g/mol. The van der Waals surface area contributed by atoms with Gasteiger partial charge in [-0.15, -0.1) is 0 Å². The molecule has 0 saturated carbocycles. The fourth-order valence-electron chi connectivity index (χ4n) is 3.39. The first-order valence-corrected chi connectivity index (χ1v) is 11.1. The molecule has 7 nitrogen and oxygen atoms in total. The van der Waals surface area contributed by atoms with Crippen molar-refractivity contribution in [3.05, 3.63) is 65.7 Å². The molecule has 1 unspecified atom stereocenters. The molecule has 0 bridgehead atoms. The number of aliphatic carboxylic acids is 2. The van der Waals surface area contributed by atoms with Gasteiger partial charge in [-0.25, -0.2) is 9.59 Å². The van der Waals surface area contributed by atoms with Crippen LogP contribution in [0.25, 0.3) is 0 Å². The van der Waals surface area contributed by atoms with Crippen LogP contribution in [0.4, 0.5) is 26.3 Å². The molecule has 4 N–H and O–H groups in total. The Morgan fingerprint density at radius 2 is 1.38 bits per heavy atom. The van der Waals surface area contributed by atoms with E-state index in [0.29, 0.717) is 11.7 Å². The van der Waals surface area contributed by atoms with Crippen molar-refractivity contribution in [3.8, 4) is 5.75 Å². The van der Waals surface area contributed by atoms with Crippen LogP contribution in [0.1, 0.15) is 29.9 Å². The van der Waals surface area contributed by atoms with Gasteiger partial charge in [-0.3, -0.25) is 0 Å². The molecule has 206 valence electrons. The molecule has 0 aromatic heterocycles. The molecule has 37 heavy (non-hydrogen) atoms. The zero-order valence-corrected chi connectivity index (χ0v) is 19.6. The van der Waals surface area contributed by atoms with Gasteiger partial charge in [-0.2, -0.15) is 26.3 Å². The molecule has 1 fully saturated rings. The predicted molar refractivity (Wildman–Crippen MR) is 122 cm³/mol. The highest BCUT2D eigenvalue weighted by molar-refractivity contribution is 5.73. The van der Waals surface area contributed by atoms with E-state index in [4.69, 9.17) is 19.8 Å². The molecule has 3 rings (SSSR count). The quantitative estimate of drug-likeness (QED) is 0.416. The first-order chi connectivity index (χ1) is 17.2. The van der Waals surface area contributed by atoms with Crippen molar-refractivity contribution in [2.24, 2.45) is 0 Å². The van der Waals surface area contributed by atoms with Gasteiger partial charge in [-0.1, -0.05) is 42.5 Å². The van der Waals surface area contributed by atoms with Crippen molar-refractivity contribution in [1.82, 2.24) is 10.2 Å². The maximum absolute atomic E-state index is 10.6. The van der Waals surface area contributed by atoms with Crippen molar-refractivity contribution in [3.63, 3.8) is 0 Å². The van der Waals surface area contributed by atoms with E-state index >= 15 is 0 Å². The average molecular weight is 538 g/mol. The highest BCUT2D eigenvalue weighted by Crippen LogP contribution is 2.30. The number of carbonyl (C=O) groups is 2. The minimum atomic E-state index is -5.08. The third kappa shape index (κ3) is 13.0. The van der Waals surface area contributed by atoms with Crippen LogP contribution in [0.5, 0.6) is 5.75 Å². The van der Waals surface area contributed by atoms with Gasteiger partial charge in [0.15, 0.2) is 0 Å². The maximum Gasteiger partial charge on any atom is 0.490 e. The molecule has 0 aliphatic carbocycles. The van der Waals surface area contributed by atoms with Gasteiger partial charge in [0.05, 0.1) is 0 Å². The predicted octanol–water partition coefficient (Wildman–Crippen LogP) is 4.48. The SMILES string of the molecule is O=C(O)C(F)(F)F.O=C(O)C(F)(F)F.Oc1cccc(C(CCN2CCCNCC2)c2ccccc2)c1.